The van der Waals surface area contributed by atoms with Crippen LogP contribution in [0.5, 0.6) is 5.75 Å². The van der Waals surface area contributed by atoms with Gasteiger partial charge in [0, 0.05) is 73.4 Å². The number of phosphoric ester groups is 1. The number of benzene rings is 4. The summed E-state index contributed by atoms with van der Waals surface area (Å²) in [6, 6.07) is 23.6. The molecule has 9 amide bonds. The van der Waals surface area contributed by atoms with Crippen molar-refractivity contribution in [3.8, 4) is 17.6 Å². The number of hydrogen-bond donors (Lipinski definition) is 8. The minimum atomic E-state index is -4.90. The first-order chi connectivity index (χ1) is 38.9. The lowest BCUT2D eigenvalue weighted by atomic mass is 9.98. The molecular formula is C58H62N9O13P. The van der Waals surface area contributed by atoms with Gasteiger partial charge in [-0.25, -0.2) is 4.57 Å². The highest BCUT2D eigenvalue weighted by Crippen LogP contribution is 2.39. The van der Waals surface area contributed by atoms with Crippen LogP contribution >= 0.6 is 7.82 Å². The number of imide groups is 1. The van der Waals surface area contributed by atoms with Gasteiger partial charge in [-0.2, -0.15) is 0 Å². The Balaban J connectivity index is 0.875. The summed E-state index contributed by atoms with van der Waals surface area (Å²) in [6.45, 7) is 0.134. The maximum absolute atomic E-state index is 15.0. The highest BCUT2D eigenvalue weighted by molar-refractivity contribution is 7.46. The number of nitrogens with two attached hydrogens (primary N) is 1. The Kier molecular flexibility index (Phi) is 17.8. The summed E-state index contributed by atoms with van der Waals surface area (Å²) in [5, 5.41) is 11.3. The first-order valence-electron chi connectivity index (χ1n) is 26.9. The summed E-state index contributed by atoms with van der Waals surface area (Å²) in [5.74, 6) is 1.48. The third-order valence-electron chi connectivity index (χ3n) is 15.1. The molecule has 3 saturated heterocycles. The molecule has 4 aromatic carbocycles. The van der Waals surface area contributed by atoms with Crippen molar-refractivity contribution in [3.05, 3.63) is 137 Å². The largest absolute Gasteiger partial charge is 0.524 e. The number of rotatable bonds is 19. The summed E-state index contributed by atoms with van der Waals surface area (Å²) in [5.41, 5.74) is 9.33. The zero-order valence-corrected chi connectivity index (χ0v) is 45.0. The summed E-state index contributed by atoms with van der Waals surface area (Å²) in [7, 11) is -4.90. The molecule has 9 N–H and O–H groups in total. The second kappa shape index (κ2) is 25.2. The predicted octanol–water partition coefficient (Wildman–Crippen LogP) is 3.75. The molecule has 4 aliphatic heterocycles. The third-order valence-corrected chi connectivity index (χ3v) is 15.5. The number of fused-ring (bicyclic) bond motifs is 3. The highest BCUT2D eigenvalue weighted by atomic mass is 31.2. The molecule has 0 aliphatic carbocycles. The van der Waals surface area contributed by atoms with Gasteiger partial charge in [0.15, 0.2) is 0 Å². The molecule has 81 heavy (non-hydrogen) atoms. The maximum atomic E-state index is 15.0. The Labute approximate surface area is 466 Å². The number of amides is 9. The number of aromatic nitrogens is 1. The second-order valence-corrected chi connectivity index (χ2v) is 21.7. The van der Waals surface area contributed by atoms with Gasteiger partial charge in [-0.3, -0.25) is 58.3 Å². The molecule has 1 unspecified atom stereocenters. The summed E-state index contributed by atoms with van der Waals surface area (Å²) >= 11 is 0. The fraction of sp³-hybridized carbons (Fsp3) is 0.362. The van der Waals surface area contributed by atoms with E-state index in [1.54, 1.807) is 17.0 Å². The number of piperidine rings is 1. The lowest BCUT2D eigenvalue weighted by molar-refractivity contribution is -0.145. The molecule has 0 spiro atoms. The zero-order valence-electron chi connectivity index (χ0n) is 44.1. The molecule has 0 radical (unpaired) electrons. The molecule has 1 aromatic heterocycles. The average Bonchev–Trinajstić information content (AvgIpc) is 4.18. The van der Waals surface area contributed by atoms with Crippen molar-refractivity contribution in [2.75, 3.05) is 13.1 Å². The normalized spacial score (nSPS) is 19.4. The molecule has 5 atom stereocenters. The fourth-order valence-corrected chi connectivity index (χ4v) is 11.4. The predicted molar refractivity (Wildman–Crippen MR) is 293 cm³/mol. The molecular weight excluding hydrogens is 1060 g/mol. The molecule has 0 bridgehead atoms. The molecule has 5 aromatic rings. The molecule has 5 heterocycles. The SMILES string of the molecule is NC(=O)CC[C@H](NC(=O)[C@@H]1CC[C@@H]2CCN(C(=O)CCCCCC#Cc3cccc4c3CN(C3CCC(=O)NC3=O)C4=O)C[C@H](NC(=O)c3cc4cc(OP(=O)(O)O)ccc4[nH]3)C(=O)N21)C(=O)NC(c1ccccc1)c1ccccc1. The number of aromatic amines is 1. The Bertz CT molecular complexity index is 3330. The number of phosphoric acid groups is 1. The van der Waals surface area contributed by atoms with Crippen LogP contribution in [0.2, 0.25) is 0 Å². The number of carbonyl (C=O) groups excluding carboxylic acids is 9. The molecule has 0 saturated carbocycles. The lowest BCUT2D eigenvalue weighted by Gasteiger charge is -2.39. The number of primary amides is 1. The number of H-pyrrole nitrogens is 1. The number of unbranched alkanes of at least 4 members (excludes halogenated alkanes) is 3. The van der Waals surface area contributed by atoms with Crippen molar-refractivity contribution in [3.63, 3.8) is 0 Å². The zero-order chi connectivity index (χ0) is 57.4. The van der Waals surface area contributed by atoms with Gasteiger partial charge in [0.1, 0.15) is 35.6 Å². The van der Waals surface area contributed by atoms with Gasteiger partial charge in [-0.05, 0) is 98.0 Å². The van der Waals surface area contributed by atoms with E-state index < -0.39 is 79.5 Å². The van der Waals surface area contributed by atoms with Crippen LogP contribution in [-0.2, 0) is 44.7 Å². The summed E-state index contributed by atoms with van der Waals surface area (Å²) in [6.07, 6.45) is 3.26. The van der Waals surface area contributed by atoms with Gasteiger partial charge in [-0.15, -0.1) is 0 Å². The Hall–Kier alpha value is -8.64. The maximum Gasteiger partial charge on any atom is 0.524 e. The van der Waals surface area contributed by atoms with Crippen LogP contribution in [0.1, 0.15) is 126 Å². The van der Waals surface area contributed by atoms with Crippen LogP contribution in [0.3, 0.4) is 0 Å². The van der Waals surface area contributed by atoms with Crippen LogP contribution < -0.4 is 31.5 Å². The number of hydrogen-bond acceptors (Lipinski definition) is 11. The van der Waals surface area contributed by atoms with E-state index in [0.29, 0.717) is 60.6 Å². The third kappa shape index (κ3) is 13.9. The van der Waals surface area contributed by atoms with Crippen LogP contribution in [0.25, 0.3) is 10.9 Å². The first-order valence-corrected chi connectivity index (χ1v) is 28.5. The number of nitrogens with one attached hydrogen (secondary N) is 5. The summed E-state index contributed by atoms with van der Waals surface area (Å²) in [4.78, 5) is 148. The van der Waals surface area contributed by atoms with Gasteiger partial charge >= 0.3 is 7.82 Å². The van der Waals surface area contributed by atoms with Gasteiger partial charge in [0.25, 0.3) is 11.8 Å². The van der Waals surface area contributed by atoms with E-state index in [1.165, 1.54) is 34.1 Å². The minimum Gasteiger partial charge on any atom is -0.404 e. The smallest absolute Gasteiger partial charge is 0.404 e. The lowest BCUT2D eigenvalue weighted by Crippen LogP contribution is -2.62. The van der Waals surface area contributed by atoms with Gasteiger partial charge in [0.05, 0.1) is 6.04 Å². The molecule has 422 valence electrons. The Morgan fingerprint density at radius 3 is 2.27 bits per heavy atom. The van der Waals surface area contributed by atoms with Crippen LogP contribution in [0.4, 0.5) is 0 Å². The second-order valence-electron chi connectivity index (χ2n) is 20.6. The molecule has 22 nitrogen and oxygen atoms in total. The van der Waals surface area contributed by atoms with Crippen LogP contribution in [-0.4, -0.2) is 126 Å². The van der Waals surface area contributed by atoms with Crippen LogP contribution in [0, 0.1) is 11.8 Å². The van der Waals surface area contributed by atoms with Crippen molar-refractivity contribution in [1.29, 1.82) is 0 Å². The Morgan fingerprint density at radius 2 is 1.57 bits per heavy atom. The van der Waals surface area contributed by atoms with Crippen molar-refractivity contribution >= 4 is 71.9 Å². The van der Waals surface area contributed by atoms with E-state index in [0.717, 1.165) is 16.7 Å². The van der Waals surface area contributed by atoms with Gasteiger partial charge < -0.3 is 45.9 Å². The topological polar surface area (TPSA) is 320 Å². The molecule has 4 aliphatic rings. The highest BCUT2D eigenvalue weighted by Gasteiger charge is 2.46. The van der Waals surface area contributed by atoms with Crippen LogP contribution in [0.15, 0.2) is 103 Å². The van der Waals surface area contributed by atoms with Crippen molar-refractivity contribution in [1.82, 2.24) is 41.0 Å². The quantitative estimate of drug-likeness (QED) is 0.0253. The standard InChI is InChI=1S/C58H62N9O13P/c59-49(68)27-24-44(53(71)64-52(36-14-7-4-8-15-36)37-16-9-5-10-17-37)61-56(74)48-25-21-39-29-30-65(34-46(58(76)67(39)48)62-54(72)45-32-38-31-40(80-81(77,78)79)22-23-43(38)60-45)51(70)20-11-3-1-2-6-13-35-18-12-19-41-42(35)33-66(57(41)75)47-26-28-50(69)63-55(47)73/h4-5,7-10,12,14-19,22-23,31-32,39,44,46-48,52,60H,1-3,11,20-21,24-30,33-34H2,(H2,59,68)(H,61,74)(H,62,72)(H,64,71)(H,63,69,73)(H2,77,78,79)/t39-,44+,46+,47?,48+/m1/s1. The van der Waals surface area contributed by atoms with Gasteiger partial charge in [0.2, 0.25) is 41.4 Å². The Morgan fingerprint density at radius 1 is 0.827 bits per heavy atom. The van der Waals surface area contributed by atoms with Crippen molar-refractivity contribution < 1.29 is 62.0 Å². The van der Waals surface area contributed by atoms with E-state index in [2.05, 4.69) is 38.1 Å². The van der Waals surface area contributed by atoms with E-state index in [9.17, 15) is 52.7 Å². The van der Waals surface area contributed by atoms with Gasteiger partial charge in [-0.1, -0.05) is 85.0 Å². The first kappa shape index (κ1) is 57.1. The van der Waals surface area contributed by atoms with Crippen molar-refractivity contribution in [2.24, 2.45) is 5.73 Å². The van der Waals surface area contributed by atoms with E-state index >= 15 is 4.79 Å². The minimum absolute atomic E-state index is 0.0200. The summed E-state index contributed by atoms with van der Waals surface area (Å²) < 4.78 is 16.3. The monoisotopic (exact) mass is 1120 g/mol. The fourth-order valence-electron chi connectivity index (χ4n) is 11.0. The number of nitrogens with zero attached hydrogens (tertiary/aromatic N) is 3. The molecule has 9 rings (SSSR count). The molecule has 3 fully saturated rings. The van der Waals surface area contributed by atoms with E-state index in [1.807, 2.05) is 66.7 Å². The molecule has 23 heteroatoms. The van der Waals surface area contributed by atoms with E-state index in [4.69, 9.17) is 10.3 Å². The van der Waals surface area contributed by atoms with Crippen molar-refractivity contribution in [2.45, 2.75) is 120 Å². The number of carbonyl (C=O) groups is 9. The van der Waals surface area contributed by atoms with E-state index in [-0.39, 0.29) is 87.3 Å². The average molecular weight is 1120 g/mol.